The third-order valence-corrected chi connectivity index (χ3v) is 4.15. The Bertz CT molecular complexity index is 774. The average molecular weight is 307 g/mol. The molecule has 0 radical (unpaired) electrons. The van der Waals surface area contributed by atoms with Crippen LogP contribution in [0.25, 0.3) is 0 Å². The van der Waals surface area contributed by atoms with Gasteiger partial charge in [-0.3, -0.25) is 9.78 Å². The molecule has 1 amide bonds. The van der Waals surface area contributed by atoms with Crippen LogP contribution < -0.4 is 10.0 Å². The highest BCUT2D eigenvalue weighted by molar-refractivity contribution is 7.89. The fraction of sp³-hybridized carbons (Fsp3) is 0.0769. The van der Waals surface area contributed by atoms with Crippen LogP contribution >= 0.6 is 0 Å². The van der Waals surface area contributed by atoms with E-state index in [2.05, 4.69) is 15.0 Å². The van der Waals surface area contributed by atoms with Crippen molar-refractivity contribution in [2.45, 2.75) is 4.90 Å². The predicted octanol–water partition coefficient (Wildman–Crippen LogP) is 0.948. The number of anilines is 1. The third-order valence-electron chi connectivity index (χ3n) is 2.68. The molecule has 0 fully saturated rings. The van der Waals surface area contributed by atoms with E-state index in [0.717, 1.165) is 0 Å². The lowest BCUT2D eigenvalue weighted by molar-refractivity contribution is 0.102. The van der Waals surface area contributed by atoms with Gasteiger partial charge < -0.3 is 10.4 Å². The van der Waals surface area contributed by atoms with Gasteiger partial charge in [0.1, 0.15) is 10.6 Å². The summed E-state index contributed by atoms with van der Waals surface area (Å²) in [6.07, 6.45) is 2.46. The van der Waals surface area contributed by atoms with Gasteiger partial charge in [-0.25, -0.2) is 13.1 Å². The summed E-state index contributed by atoms with van der Waals surface area (Å²) in [6.45, 7) is 0. The maximum atomic E-state index is 12.1. The van der Waals surface area contributed by atoms with E-state index in [1.54, 1.807) is 12.1 Å². The minimum absolute atomic E-state index is 0.0473. The van der Waals surface area contributed by atoms with Gasteiger partial charge in [0.05, 0.1) is 17.4 Å². The molecule has 2 aromatic rings. The maximum absolute atomic E-state index is 12.1. The van der Waals surface area contributed by atoms with Crippen LogP contribution in [0.5, 0.6) is 5.75 Å². The maximum Gasteiger partial charge on any atom is 0.257 e. The number of benzene rings is 1. The van der Waals surface area contributed by atoms with Crippen molar-refractivity contribution in [1.29, 1.82) is 0 Å². The molecular formula is C13H13N3O4S. The van der Waals surface area contributed by atoms with Gasteiger partial charge in [-0.05, 0) is 25.2 Å². The summed E-state index contributed by atoms with van der Waals surface area (Å²) in [5, 5.41) is 11.8. The van der Waals surface area contributed by atoms with Gasteiger partial charge >= 0.3 is 0 Å². The van der Waals surface area contributed by atoms with Gasteiger partial charge in [0, 0.05) is 6.20 Å². The number of carbonyl (C=O) groups is 1. The first-order chi connectivity index (χ1) is 9.94. The number of amides is 1. The van der Waals surface area contributed by atoms with E-state index in [9.17, 15) is 18.3 Å². The summed E-state index contributed by atoms with van der Waals surface area (Å²) in [7, 11) is -2.41. The molecule has 1 aromatic heterocycles. The Labute approximate surface area is 121 Å². The molecule has 8 heteroatoms. The summed E-state index contributed by atoms with van der Waals surface area (Å²) in [4.78, 5) is 15.7. The van der Waals surface area contributed by atoms with Crippen molar-refractivity contribution in [3.05, 3.63) is 48.3 Å². The van der Waals surface area contributed by atoms with E-state index in [1.807, 2.05) is 0 Å². The van der Waals surface area contributed by atoms with Crippen LogP contribution in [-0.2, 0) is 10.0 Å². The van der Waals surface area contributed by atoms with Gasteiger partial charge in [-0.1, -0.05) is 12.1 Å². The normalized spacial score (nSPS) is 11.1. The van der Waals surface area contributed by atoms with Crippen LogP contribution in [0.15, 0.2) is 47.6 Å². The Balaban J connectivity index is 2.35. The Morgan fingerprint density at radius 2 is 1.95 bits per heavy atom. The fourth-order valence-electron chi connectivity index (χ4n) is 1.66. The quantitative estimate of drug-likeness (QED) is 0.779. The molecule has 0 aliphatic rings. The third kappa shape index (κ3) is 3.36. The molecule has 0 atom stereocenters. The summed E-state index contributed by atoms with van der Waals surface area (Å²) < 4.78 is 25.9. The van der Waals surface area contributed by atoms with Gasteiger partial charge in [0.2, 0.25) is 10.0 Å². The zero-order valence-electron chi connectivity index (χ0n) is 11.1. The number of rotatable bonds is 4. The molecule has 0 saturated heterocycles. The fourth-order valence-corrected chi connectivity index (χ4v) is 2.55. The number of pyridine rings is 1. The SMILES string of the molecule is CNS(=O)(=O)c1ccccc1NC(=O)c1cncc(O)c1. The van der Waals surface area contributed by atoms with Crippen molar-refractivity contribution in [3.8, 4) is 5.75 Å². The monoisotopic (exact) mass is 307 g/mol. The van der Waals surface area contributed by atoms with Crippen molar-refractivity contribution >= 4 is 21.6 Å². The molecule has 1 heterocycles. The Morgan fingerprint density at radius 3 is 2.62 bits per heavy atom. The lowest BCUT2D eigenvalue weighted by atomic mass is 10.2. The molecule has 2 rings (SSSR count). The minimum Gasteiger partial charge on any atom is -0.506 e. The van der Waals surface area contributed by atoms with Crippen LogP contribution in [0.1, 0.15) is 10.4 Å². The number of nitrogens with one attached hydrogen (secondary N) is 2. The molecule has 7 nitrogen and oxygen atoms in total. The first-order valence-corrected chi connectivity index (χ1v) is 7.40. The summed E-state index contributed by atoms with van der Waals surface area (Å²) in [5.74, 6) is -0.726. The van der Waals surface area contributed by atoms with E-state index >= 15 is 0 Å². The molecule has 0 saturated carbocycles. The van der Waals surface area contributed by atoms with Gasteiger partial charge in [-0.2, -0.15) is 0 Å². The Hall–Kier alpha value is -2.45. The van der Waals surface area contributed by atoms with Crippen molar-refractivity contribution in [2.75, 3.05) is 12.4 Å². The van der Waals surface area contributed by atoms with Crippen molar-refractivity contribution in [2.24, 2.45) is 0 Å². The summed E-state index contributed by atoms with van der Waals surface area (Å²) in [5.41, 5.74) is 0.256. The highest BCUT2D eigenvalue weighted by Gasteiger charge is 2.18. The number of aromatic hydroxyl groups is 1. The zero-order chi connectivity index (χ0) is 15.5. The zero-order valence-corrected chi connectivity index (χ0v) is 11.9. The van der Waals surface area contributed by atoms with E-state index in [0.29, 0.717) is 0 Å². The summed E-state index contributed by atoms with van der Waals surface area (Å²) >= 11 is 0. The molecule has 1 aromatic carbocycles. The van der Waals surface area contributed by atoms with Crippen LogP contribution in [-0.4, -0.2) is 31.5 Å². The van der Waals surface area contributed by atoms with Gasteiger partial charge in [-0.15, -0.1) is 0 Å². The molecule has 0 aliphatic heterocycles. The molecular weight excluding hydrogens is 294 g/mol. The first-order valence-electron chi connectivity index (χ1n) is 5.92. The molecule has 21 heavy (non-hydrogen) atoms. The number of para-hydroxylation sites is 1. The highest BCUT2D eigenvalue weighted by Crippen LogP contribution is 2.21. The molecule has 0 unspecified atom stereocenters. The largest absolute Gasteiger partial charge is 0.506 e. The van der Waals surface area contributed by atoms with Gasteiger partial charge in [0.25, 0.3) is 5.91 Å². The second-order valence-electron chi connectivity index (χ2n) is 4.09. The van der Waals surface area contributed by atoms with Crippen molar-refractivity contribution in [3.63, 3.8) is 0 Å². The van der Waals surface area contributed by atoms with Crippen LogP contribution in [0, 0.1) is 0 Å². The van der Waals surface area contributed by atoms with E-state index in [1.165, 1.54) is 37.6 Å². The molecule has 3 N–H and O–H groups in total. The Morgan fingerprint density at radius 1 is 1.24 bits per heavy atom. The van der Waals surface area contributed by atoms with Crippen LogP contribution in [0.3, 0.4) is 0 Å². The smallest absolute Gasteiger partial charge is 0.257 e. The molecule has 0 aliphatic carbocycles. The van der Waals surface area contributed by atoms with Crippen molar-refractivity contribution in [1.82, 2.24) is 9.71 Å². The Kier molecular flexibility index (Phi) is 4.20. The second-order valence-corrected chi connectivity index (χ2v) is 5.94. The average Bonchev–Trinajstić information content (AvgIpc) is 2.47. The van der Waals surface area contributed by atoms with E-state index in [-0.39, 0.29) is 21.9 Å². The van der Waals surface area contributed by atoms with Crippen LogP contribution in [0.2, 0.25) is 0 Å². The number of carbonyl (C=O) groups excluding carboxylic acids is 1. The van der Waals surface area contributed by atoms with Gasteiger partial charge in [0.15, 0.2) is 0 Å². The number of nitrogens with zero attached hydrogens (tertiary/aromatic N) is 1. The molecule has 0 spiro atoms. The van der Waals surface area contributed by atoms with E-state index in [4.69, 9.17) is 0 Å². The second kappa shape index (κ2) is 5.90. The minimum atomic E-state index is -3.69. The number of sulfonamides is 1. The van der Waals surface area contributed by atoms with E-state index < -0.39 is 15.9 Å². The topological polar surface area (TPSA) is 108 Å². The summed E-state index contributed by atoms with van der Waals surface area (Å²) in [6, 6.07) is 7.23. The molecule has 0 bridgehead atoms. The standard InChI is InChI=1S/C13H13N3O4S/c1-14-21(19,20)12-5-3-2-4-11(12)16-13(18)9-6-10(17)8-15-7-9/h2-8,14,17H,1H3,(H,16,18). The predicted molar refractivity (Wildman–Crippen MR) is 76.5 cm³/mol. The van der Waals surface area contributed by atoms with Crippen molar-refractivity contribution < 1.29 is 18.3 Å². The number of aromatic nitrogens is 1. The highest BCUT2D eigenvalue weighted by atomic mass is 32.2. The first kappa shape index (κ1) is 14.9. The van der Waals surface area contributed by atoms with Crippen LogP contribution in [0.4, 0.5) is 5.69 Å². The lowest BCUT2D eigenvalue weighted by Gasteiger charge is -2.11. The number of hydrogen-bond acceptors (Lipinski definition) is 5. The molecule has 110 valence electrons. The number of hydrogen-bond donors (Lipinski definition) is 3. The lowest BCUT2D eigenvalue weighted by Crippen LogP contribution is -2.21.